The lowest BCUT2D eigenvalue weighted by Crippen LogP contribution is -2.28. The minimum Gasteiger partial charge on any atom is -0.497 e. The standard InChI is InChI=1S/C20H20N2O3S/c1-24-15-4-6-18(25-2)16(10-15)14-7-8-22(11-14)20(23)13-3-5-17-19(9-13)26-12-21-17/h3-6,9-10,12,14H,7-8,11H2,1-2H3/t14-/m1/s1. The molecular weight excluding hydrogens is 348 g/mol. The largest absolute Gasteiger partial charge is 0.497 e. The number of methoxy groups -OCH3 is 2. The number of fused-ring (bicyclic) bond motifs is 1. The van der Waals surface area contributed by atoms with Crippen molar-refractivity contribution in [2.45, 2.75) is 12.3 Å². The van der Waals surface area contributed by atoms with Crippen molar-refractivity contribution in [1.82, 2.24) is 9.88 Å². The van der Waals surface area contributed by atoms with Crippen molar-refractivity contribution in [3.8, 4) is 11.5 Å². The van der Waals surface area contributed by atoms with Crippen LogP contribution in [0.2, 0.25) is 0 Å². The zero-order chi connectivity index (χ0) is 18.1. The van der Waals surface area contributed by atoms with Crippen LogP contribution < -0.4 is 9.47 Å². The van der Waals surface area contributed by atoms with Crippen LogP contribution in [-0.2, 0) is 0 Å². The van der Waals surface area contributed by atoms with Gasteiger partial charge in [0.15, 0.2) is 0 Å². The Labute approximate surface area is 156 Å². The van der Waals surface area contributed by atoms with Crippen molar-refractivity contribution in [2.75, 3.05) is 27.3 Å². The maximum atomic E-state index is 12.9. The van der Waals surface area contributed by atoms with E-state index in [1.165, 1.54) is 0 Å². The summed E-state index contributed by atoms with van der Waals surface area (Å²) < 4.78 is 11.9. The fraction of sp³-hybridized carbons (Fsp3) is 0.300. The molecule has 6 heteroatoms. The molecule has 0 bridgehead atoms. The molecule has 1 aromatic heterocycles. The molecule has 0 aliphatic carbocycles. The number of benzene rings is 2. The zero-order valence-corrected chi connectivity index (χ0v) is 15.6. The highest BCUT2D eigenvalue weighted by atomic mass is 32.1. The summed E-state index contributed by atoms with van der Waals surface area (Å²) in [5.74, 6) is 1.97. The second-order valence-electron chi connectivity index (χ2n) is 6.38. The van der Waals surface area contributed by atoms with Gasteiger partial charge in [-0.1, -0.05) is 0 Å². The third-order valence-electron chi connectivity index (χ3n) is 4.93. The number of ether oxygens (including phenoxy) is 2. The van der Waals surface area contributed by atoms with E-state index in [9.17, 15) is 4.79 Å². The van der Waals surface area contributed by atoms with Crippen molar-refractivity contribution in [3.05, 3.63) is 53.0 Å². The third kappa shape index (κ3) is 3.01. The van der Waals surface area contributed by atoms with Crippen LogP contribution >= 0.6 is 11.3 Å². The first kappa shape index (κ1) is 16.8. The Morgan fingerprint density at radius 1 is 1.19 bits per heavy atom. The van der Waals surface area contributed by atoms with Crippen LogP contribution in [0.25, 0.3) is 10.2 Å². The minimum atomic E-state index is 0.0738. The highest BCUT2D eigenvalue weighted by molar-refractivity contribution is 7.16. The van der Waals surface area contributed by atoms with Gasteiger partial charge in [-0.2, -0.15) is 0 Å². The van der Waals surface area contributed by atoms with Crippen LogP contribution in [0, 0.1) is 0 Å². The molecule has 1 fully saturated rings. The quantitative estimate of drug-likeness (QED) is 0.700. The Morgan fingerprint density at radius 3 is 2.88 bits per heavy atom. The molecular formula is C20H20N2O3S. The monoisotopic (exact) mass is 368 g/mol. The summed E-state index contributed by atoms with van der Waals surface area (Å²) in [7, 11) is 3.33. The number of thiazole rings is 1. The molecule has 0 unspecified atom stereocenters. The first-order valence-electron chi connectivity index (χ1n) is 8.54. The van der Waals surface area contributed by atoms with Crippen molar-refractivity contribution >= 4 is 27.5 Å². The number of hydrogen-bond acceptors (Lipinski definition) is 5. The van der Waals surface area contributed by atoms with E-state index < -0.39 is 0 Å². The molecule has 5 nitrogen and oxygen atoms in total. The lowest BCUT2D eigenvalue weighted by Gasteiger charge is -2.18. The molecule has 1 aliphatic rings. The number of nitrogens with zero attached hydrogens (tertiary/aromatic N) is 2. The molecule has 3 aromatic rings. The third-order valence-corrected chi connectivity index (χ3v) is 5.72. The number of carbonyl (C=O) groups excluding carboxylic acids is 1. The number of rotatable bonds is 4. The summed E-state index contributed by atoms with van der Waals surface area (Å²) in [6.07, 6.45) is 0.915. The van der Waals surface area contributed by atoms with Gasteiger partial charge >= 0.3 is 0 Å². The SMILES string of the molecule is COc1ccc(OC)c([C@@H]2CCN(C(=O)c3ccc4ncsc4c3)C2)c1. The van der Waals surface area contributed by atoms with Gasteiger partial charge in [0, 0.05) is 30.1 Å². The van der Waals surface area contributed by atoms with Gasteiger partial charge in [-0.3, -0.25) is 4.79 Å². The van der Waals surface area contributed by atoms with Crippen molar-refractivity contribution in [1.29, 1.82) is 0 Å². The Kier molecular flexibility index (Phi) is 4.51. The lowest BCUT2D eigenvalue weighted by atomic mass is 9.97. The van der Waals surface area contributed by atoms with Crippen LogP contribution in [-0.4, -0.2) is 43.1 Å². The molecule has 0 spiro atoms. The summed E-state index contributed by atoms with van der Waals surface area (Å²) in [6, 6.07) is 11.6. The first-order valence-corrected chi connectivity index (χ1v) is 9.42. The average molecular weight is 368 g/mol. The van der Waals surface area contributed by atoms with E-state index in [0.29, 0.717) is 6.54 Å². The molecule has 1 aliphatic heterocycles. The molecule has 1 atom stereocenters. The summed E-state index contributed by atoms with van der Waals surface area (Å²) in [5.41, 5.74) is 4.56. The second kappa shape index (κ2) is 6.96. The van der Waals surface area contributed by atoms with Gasteiger partial charge in [0.1, 0.15) is 11.5 Å². The Hall–Kier alpha value is -2.60. The molecule has 4 rings (SSSR count). The second-order valence-corrected chi connectivity index (χ2v) is 7.27. The molecule has 1 saturated heterocycles. The van der Waals surface area contributed by atoms with Crippen LogP contribution in [0.5, 0.6) is 11.5 Å². The van der Waals surface area contributed by atoms with E-state index in [-0.39, 0.29) is 11.8 Å². The van der Waals surface area contributed by atoms with Crippen LogP contribution in [0.3, 0.4) is 0 Å². The number of likely N-dealkylation sites (tertiary alicyclic amines) is 1. The number of aromatic nitrogens is 1. The van der Waals surface area contributed by atoms with Gasteiger partial charge in [0.2, 0.25) is 0 Å². The van der Waals surface area contributed by atoms with Gasteiger partial charge in [-0.25, -0.2) is 4.98 Å². The Bertz CT molecular complexity index is 953. The smallest absolute Gasteiger partial charge is 0.253 e. The summed E-state index contributed by atoms with van der Waals surface area (Å²) in [6.45, 7) is 1.42. The molecule has 0 saturated carbocycles. The van der Waals surface area contributed by atoms with E-state index in [2.05, 4.69) is 4.98 Å². The Morgan fingerprint density at radius 2 is 2.08 bits per heavy atom. The molecule has 2 heterocycles. The van der Waals surface area contributed by atoms with Crippen LogP contribution in [0.15, 0.2) is 41.9 Å². The van der Waals surface area contributed by atoms with E-state index >= 15 is 0 Å². The predicted molar refractivity (Wildman–Crippen MR) is 102 cm³/mol. The number of carbonyl (C=O) groups is 1. The molecule has 26 heavy (non-hydrogen) atoms. The van der Waals surface area contributed by atoms with Crippen LogP contribution in [0.4, 0.5) is 0 Å². The fourth-order valence-electron chi connectivity index (χ4n) is 3.53. The van der Waals surface area contributed by atoms with Crippen molar-refractivity contribution in [3.63, 3.8) is 0 Å². The van der Waals surface area contributed by atoms with E-state index in [1.807, 2.05) is 41.3 Å². The highest BCUT2D eigenvalue weighted by Gasteiger charge is 2.30. The Balaban J connectivity index is 1.55. The highest BCUT2D eigenvalue weighted by Crippen LogP contribution is 2.36. The fourth-order valence-corrected chi connectivity index (χ4v) is 4.24. The topological polar surface area (TPSA) is 51.7 Å². The molecule has 1 amide bonds. The van der Waals surface area contributed by atoms with Crippen molar-refractivity contribution in [2.24, 2.45) is 0 Å². The molecule has 134 valence electrons. The normalized spacial score (nSPS) is 16.8. The number of amides is 1. The maximum Gasteiger partial charge on any atom is 0.253 e. The molecule has 0 radical (unpaired) electrons. The zero-order valence-electron chi connectivity index (χ0n) is 14.8. The van der Waals surface area contributed by atoms with Crippen LogP contribution in [0.1, 0.15) is 28.3 Å². The van der Waals surface area contributed by atoms with Gasteiger partial charge in [-0.05, 0) is 42.8 Å². The van der Waals surface area contributed by atoms with Gasteiger partial charge < -0.3 is 14.4 Å². The van der Waals surface area contributed by atoms with Gasteiger partial charge in [-0.15, -0.1) is 11.3 Å². The number of hydrogen-bond donors (Lipinski definition) is 0. The molecule has 2 aromatic carbocycles. The minimum absolute atomic E-state index is 0.0738. The summed E-state index contributed by atoms with van der Waals surface area (Å²) in [4.78, 5) is 19.1. The maximum absolute atomic E-state index is 12.9. The molecule has 0 N–H and O–H groups in total. The lowest BCUT2D eigenvalue weighted by molar-refractivity contribution is 0.0791. The van der Waals surface area contributed by atoms with Gasteiger partial charge in [0.05, 0.1) is 29.9 Å². The predicted octanol–water partition coefficient (Wildman–Crippen LogP) is 3.94. The summed E-state index contributed by atoms with van der Waals surface area (Å²) >= 11 is 1.56. The van der Waals surface area contributed by atoms with E-state index in [4.69, 9.17) is 9.47 Å². The van der Waals surface area contributed by atoms with E-state index in [1.54, 1.807) is 31.1 Å². The van der Waals surface area contributed by atoms with E-state index in [0.717, 1.165) is 45.8 Å². The van der Waals surface area contributed by atoms with Gasteiger partial charge in [0.25, 0.3) is 5.91 Å². The van der Waals surface area contributed by atoms with Crippen molar-refractivity contribution < 1.29 is 14.3 Å². The average Bonchev–Trinajstić information content (AvgIpc) is 3.35. The first-order chi connectivity index (χ1) is 12.7. The summed E-state index contributed by atoms with van der Waals surface area (Å²) in [5, 5.41) is 0.